The van der Waals surface area contributed by atoms with Crippen LogP contribution in [0.25, 0.3) is 0 Å². The Balaban J connectivity index is 1.66. The third-order valence-corrected chi connectivity index (χ3v) is 5.69. The van der Waals surface area contributed by atoms with Crippen molar-refractivity contribution < 1.29 is 19.0 Å². The van der Waals surface area contributed by atoms with Crippen molar-refractivity contribution in [2.75, 3.05) is 64.0 Å². The van der Waals surface area contributed by atoms with Gasteiger partial charge in [0.25, 0.3) is 0 Å². The monoisotopic (exact) mass is 417 g/mol. The highest BCUT2D eigenvalue weighted by Gasteiger charge is 2.23. The Morgan fingerprint density at radius 1 is 0.966 bits per heavy atom. The molecule has 29 heavy (non-hydrogen) atoms. The molecule has 0 aromatic heterocycles. The lowest BCUT2D eigenvalue weighted by molar-refractivity contribution is 0.208. The first-order valence-electron chi connectivity index (χ1n) is 9.35. The van der Waals surface area contributed by atoms with E-state index in [1.807, 2.05) is 4.90 Å². The molecule has 2 aromatic carbocycles. The number of hydrogen-bond acceptors (Lipinski definition) is 6. The molecule has 1 N–H and O–H groups in total. The molecule has 1 heterocycles. The van der Waals surface area contributed by atoms with Gasteiger partial charge in [-0.25, -0.2) is 4.79 Å². The second-order valence-corrected chi connectivity index (χ2v) is 7.34. The van der Waals surface area contributed by atoms with Crippen LogP contribution in [0.15, 0.2) is 41.3 Å². The number of methoxy groups -OCH3 is 3. The van der Waals surface area contributed by atoms with E-state index in [4.69, 9.17) is 14.2 Å². The number of anilines is 2. The van der Waals surface area contributed by atoms with E-state index in [1.54, 1.807) is 45.2 Å². The Labute approximate surface area is 175 Å². The summed E-state index contributed by atoms with van der Waals surface area (Å²) in [6.07, 6.45) is 2.08. The number of benzene rings is 2. The second-order valence-electron chi connectivity index (χ2n) is 6.49. The lowest BCUT2D eigenvalue weighted by Gasteiger charge is -2.36. The molecule has 0 spiro atoms. The number of nitrogens with zero attached hydrogens (tertiary/aromatic N) is 2. The first-order chi connectivity index (χ1) is 14.1. The van der Waals surface area contributed by atoms with Gasteiger partial charge in [-0.2, -0.15) is 0 Å². The Kier molecular flexibility index (Phi) is 6.98. The Morgan fingerprint density at radius 3 is 2.14 bits per heavy atom. The number of thioether (sulfide) groups is 1. The van der Waals surface area contributed by atoms with Gasteiger partial charge in [0.2, 0.25) is 5.75 Å². The number of ether oxygens (including phenoxy) is 3. The van der Waals surface area contributed by atoms with Crippen molar-refractivity contribution in [3.63, 3.8) is 0 Å². The van der Waals surface area contributed by atoms with Crippen molar-refractivity contribution in [2.45, 2.75) is 4.90 Å². The minimum atomic E-state index is -0.142. The van der Waals surface area contributed by atoms with Crippen LogP contribution in [-0.2, 0) is 0 Å². The molecule has 0 atom stereocenters. The van der Waals surface area contributed by atoms with Gasteiger partial charge in [0.15, 0.2) is 11.5 Å². The SMILES string of the molecule is COc1cc(NC(=O)N2CCN(c3ccccc3SC)CC2)cc(OC)c1OC. The van der Waals surface area contributed by atoms with Crippen LogP contribution in [0.3, 0.4) is 0 Å². The number of rotatable bonds is 6. The number of urea groups is 1. The van der Waals surface area contributed by atoms with Crippen molar-refractivity contribution in [3.8, 4) is 17.2 Å². The van der Waals surface area contributed by atoms with Crippen LogP contribution >= 0.6 is 11.8 Å². The van der Waals surface area contributed by atoms with E-state index in [0.717, 1.165) is 13.1 Å². The molecule has 0 unspecified atom stereocenters. The van der Waals surface area contributed by atoms with E-state index in [1.165, 1.54) is 10.6 Å². The molecule has 0 radical (unpaired) electrons. The van der Waals surface area contributed by atoms with E-state index < -0.39 is 0 Å². The minimum absolute atomic E-state index is 0.142. The fourth-order valence-electron chi connectivity index (χ4n) is 3.40. The van der Waals surface area contributed by atoms with Gasteiger partial charge in [-0.3, -0.25) is 0 Å². The van der Waals surface area contributed by atoms with Crippen LogP contribution in [0.4, 0.5) is 16.2 Å². The number of carbonyl (C=O) groups is 1. The lowest BCUT2D eigenvalue weighted by Crippen LogP contribution is -2.50. The first-order valence-corrected chi connectivity index (χ1v) is 10.6. The predicted molar refractivity (Wildman–Crippen MR) is 117 cm³/mol. The first kappa shape index (κ1) is 21.0. The molecule has 0 saturated carbocycles. The zero-order valence-corrected chi connectivity index (χ0v) is 18.0. The number of para-hydroxylation sites is 1. The minimum Gasteiger partial charge on any atom is -0.493 e. The van der Waals surface area contributed by atoms with Crippen LogP contribution < -0.4 is 24.4 Å². The zero-order valence-electron chi connectivity index (χ0n) is 17.2. The Morgan fingerprint density at radius 2 is 1.59 bits per heavy atom. The lowest BCUT2D eigenvalue weighted by atomic mass is 10.2. The normalized spacial score (nSPS) is 13.8. The van der Waals surface area contributed by atoms with Crippen molar-refractivity contribution in [2.24, 2.45) is 0 Å². The van der Waals surface area contributed by atoms with E-state index in [0.29, 0.717) is 36.0 Å². The molecule has 1 aliphatic rings. The van der Waals surface area contributed by atoms with Crippen LogP contribution in [0.5, 0.6) is 17.2 Å². The highest BCUT2D eigenvalue weighted by atomic mass is 32.2. The van der Waals surface area contributed by atoms with E-state index in [2.05, 4.69) is 40.7 Å². The Bertz CT molecular complexity index is 829. The maximum absolute atomic E-state index is 12.8. The summed E-state index contributed by atoms with van der Waals surface area (Å²) >= 11 is 1.74. The molecule has 3 rings (SSSR count). The van der Waals surface area contributed by atoms with Crippen molar-refractivity contribution in [1.82, 2.24) is 4.90 Å². The van der Waals surface area contributed by atoms with Gasteiger partial charge in [-0.05, 0) is 18.4 Å². The summed E-state index contributed by atoms with van der Waals surface area (Å²) in [7, 11) is 4.65. The number of piperazine rings is 1. The Hall–Kier alpha value is -2.74. The molecule has 1 aliphatic heterocycles. The van der Waals surface area contributed by atoms with Gasteiger partial charge >= 0.3 is 6.03 Å². The van der Waals surface area contributed by atoms with Crippen molar-refractivity contribution >= 4 is 29.2 Å². The van der Waals surface area contributed by atoms with Crippen LogP contribution in [0.1, 0.15) is 0 Å². The van der Waals surface area contributed by atoms with Gasteiger partial charge in [-0.1, -0.05) is 12.1 Å². The fourth-order valence-corrected chi connectivity index (χ4v) is 4.02. The maximum Gasteiger partial charge on any atom is 0.321 e. The average Bonchev–Trinajstić information content (AvgIpc) is 2.78. The summed E-state index contributed by atoms with van der Waals surface area (Å²) in [5, 5.41) is 2.94. The second kappa shape index (κ2) is 9.65. The van der Waals surface area contributed by atoms with E-state index in [-0.39, 0.29) is 6.03 Å². The molecule has 2 aromatic rings. The summed E-state index contributed by atoms with van der Waals surface area (Å²) < 4.78 is 16.0. The molecule has 7 nitrogen and oxygen atoms in total. The van der Waals surface area contributed by atoms with Crippen molar-refractivity contribution in [3.05, 3.63) is 36.4 Å². The molecular weight excluding hydrogens is 390 g/mol. The molecular formula is C21H27N3O4S. The largest absolute Gasteiger partial charge is 0.493 e. The van der Waals surface area contributed by atoms with Crippen LogP contribution in [0, 0.1) is 0 Å². The third kappa shape index (κ3) is 4.64. The van der Waals surface area contributed by atoms with Crippen molar-refractivity contribution in [1.29, 1.82) is 0 Å². The van der Waals surface area contributed by atoms with E-state index in [9.17, 15) is 4.79 Å². The summed E-state index contributed by atoms with van der Waals surface area (Å²) in [5.74, 6) is 1.50. The van der Waals surface area contributed by atoms with E-state index >= 15 is 0 Å². The standard InChI is InChI=1S/C21H27N3O4S/c1-26-17-13-15(14-18(27-2)20(17)28-3)22-21(25)24-11-9-23(10-12-24)16-7-5-6-8-19(16)29-4/h5-8,13-14H,9-12H2,1-4H3,(H,22,25). The summed E-state index contributed by atoms with van der Waals surface area (Å²) in [4.78, 5) is 18.2. The van der Waals surface area contributed by atoms with Gasteiger partial charge in [0, 0.05) is 43.2 Å². The summed E-state index contributed by atoms with van der Waals surface area (Å²) in [5.41, 5.74) is 1.82. The van der Waals surface area contributed by atoms with Crippen LogP contribution in [0.2, 0.25) is 0 Å². The molecule has 0 bridgehead atoms. The van der Waals surface area contributed by atoms with Crippen LogP contribution in [-0.4, -0.2) is 64.7 Å². The maximum atomic E-state index is 12.8. The number of hydrogen-bond donors (Lipinski definition) is 1. The molecule has 2 amide bonds. The smallest absolute Gasteiger partial charge is 0.321 e. The number of nitrogens with one attached hydrogen (secondary N) is 1. The highest BCUT2D eigenvalue weighted by molar-refractivity contribution is 7.98. The number of carbonyl (C=O) groups excluding carboxylic acids is 1. The molecule has 0 aliphatic carbocycles. The average molecular weight is 418 g/mol. The van der Waals surface area contributed by atoms with Gasteiger partial charge < -0.3 is 29.3 Å². The summed E-state index contributed by atoms with van der Waals surface area (Å²) in [6.45, 7) is 2.89. The predicted octanol–water partition coefficient (Wildman–Crippen LogP) is 3.79. The number of amides is 2. The zero-order chi connectivity index (χ0) is 20.8. The van der Waals surface area contributed by atoms with Gasteiger partial charge in [-0.15, -0.1) is 11.8 Å². The molecule has 1 fully saturated rings. The molecule has 156 valence electrons. The van der Waals surface area contributed by atoms with Gasteiger partial charge in [0.1, 0.15) is 0 Å². The molecule has 8 heteroatoms. The topological polar surface area (TPSA) is 63.3 Å². The quantitative estimate of drug-likeness (QED) is 0.722. The third-order valence-electron chi connectivity index (χ3n) is 4.91. The van der Waals surface area contributed by atoms with Gasteiger partial charge in [0.05, 0.1) is 32.7 Å². The summed E-state index contributed by atoms with van der Waals surface area (Å²) in [6, 6.07) is 11.7. The molecule has 1 saturated heterocycles. The fraction of sp³-hybridized carbons (Fsp3) is 0.381. The highest BCUT2D eigenvalue weighted by Crippen LogP contribution is 2.40.